The Morgan fingerprint density at radius 1 is 1.15 bits per heavy atom. The summed E-state index contributed by atoms with van der Waals surface area (Å²) >= 11 is 0. The van der Waals surface area contributed by atoms with Gasteiger partial charge in [-0.05, 0) is 56.5 Å². The van der Waals surface area contributed by atoms with Gasteiger partial charge >= 0.3 is 0 Å². The Kier molecular flexibility index (Phi) is 4.15. The third-order valence-corrected chi connectivity index (χ3v) is 5.33. The summed E-state index contributed by atoms with van der Waals surface area (Å²) in [5, 5.41) is 3.54. The molecule has 2 aromatic heterocycles. The third kappa shape index (κ3) is 2.73. The maximum absolute atomic E-state index is 12.2. The van der Waals surface area contributed by atoms with Crippen LogP contribution < -0.4 is 10.2 Å². The molecule has 26 heavy (non-hydrogen) atoms. The van der Waals surface area contributed by atoms with Crippen LogP contribution in [0.15, 0.2) is 36.5 Å². The SMILES string of the molecule is Cc1cccc(N2CCCC2=O)c1CNc1cccn2c(C)c(C)nc12. The van der Waals surface area contributed by atoms with E-state index in [4.69, 9.17) is 4.98 Å². The van der Waals surface area contributed by atoms with E-state index in [1.165, 1.54) is 11.1 Å². The van der Waals surface area contributed by atoms with Crippen LogP contribution in [0.25, 0.3) is 5.65 Å². The maximum atomic E-state index is 12.2. The minimum absolute atomic E-state index is 0.221. The van der Waals surface area contributed by atoms with Gasteiger partial charge in [-0.1, -0.05) is 12.1 Å². The lowest BCUT2D eigenvalue weighted by Gasteiger charge is -2.22. The average molecular weight is 348 g/mol. The van der Waals surface area contributed by atoms with Gasteiger partial charge in [0.2, 0.25) is 5.91 Å². The van der Waals surface area contributed by atoms with Crippen LogP contribution in [0.2, 0.25) is 0 Å². The van der Waals surface area contributed by atoms with Gasteiger partial charge in [0.25, 0.3) is 0 Å². The molecule has 0 spiro atoms. The lowest BCUT2D eigenvalue weighted by atomic mass is 10.1. The molecule has 3 aromatic rings. The molecular weight excluding hydrogens is 324 g/mol. The predicted molar refractivity (Wildman–Crippen MR) is 105 cm³/mol. The van der Waals surface area contributed by atoms with Crippen LogP contribution in [0, 0.1) is 20.8 Å². The molecule has 5 nitrogen and oxygen atoms in total. The van der Waals surface area contributed by atoms with E-state index in [-0.39, 0.29) is 5.91 Å². The van der Waals surface area contributed by atoms with Crippen LogP contribution in [0.5, 0.6) is 0 Å². The fourth-order valence-corrected chi connectivity index (χ4v) is 3.69. The highest BCUT2D eigenvalue weighted by Gasteiger charge is 2.24. The number of benzene rings is 1. The molecule has 0 unspecified atom stereocenters. The third-order valence-electron chi connectivity index (χ3n) is 5.33. The Labute approximate surface area is 153 Å². The number of imidazole rings is 1. The number of aryl methyl sites for hydroxylation is 3. The molecule has 0 radical (unpaired) electrons. The molecule has 1 aromatic carbocycles. The zero-order valence-corrected chi connectivity index (χ0v) is 15.5. The summed E-state index contributed by atoms with van der Waals surface area (Å²) in [5.74, 6) is 0.221. The van der Waals surface area contributed by atoms with Crippen molar-refractivity contribution < 1.29 is 4.79 Å². The maximum Gasteiger partial charge on any atom is 0.227 e. The second-order valence-electron chi connectivity index (χ2n) is 6.97. The largest absolute Gasteiger partial charge is 0.378 e. The fourth-order valence-electron chi connectivity index (χ4n) is 3.69. The normalized spacial score (nSPS) is 14.4. The summed E-state index contributed by atoms with van der Waals surface area (Å²) in [4.78, 5) is 18.8. The Hall–Kier alpha value is -2.82. The van der Waals surface area contributed by atoms with Crippen LogP contribution in [0.1, 0.15) is 35.4 Å². The minimum atomic E-state index is 0.221. The molecule has 1 fully saturated rings. The summed E-state index contributed by atoms with van der Waals surface area (Å²) < 4.78 is 2.11. The van der Waals surface area contributed by atoms with Crippen molar-refractivity contribution >= 4 is 22.9 Å². The quantitative estimate of drug-likeness (QED) is 0.775. The highest BCUT2D eigenvalue weighted by Crippen LogP contribution is 2.29. The summed E-state index contributed by atoms with van der Waals surface area (Å²) in [6, 6.07) is 10.3. The molecule has 0 bridgehead atoms. The number of nitrogens with one attached hydrogen (secondary N) is 1. The van der Waals surface area contributed by atoms with Gasteiger partial charge in [0.05, 0.1) is 11.4 Å². The van der Waals surface area contributed by atoms with E-state index in [2.05, 4.69) is 41.8 Å². The zero-order valence-electron chi connectivity index (χ0n) is 15.5. The molecule has 4 rings (SSSR count). The van der Waals surface area contributed by atoms with Crippen LogP contribution in [-0.4, -0.2) is 21.8 Å². The Bertz CT molecular complexity index is 989. The molecule has 3 heterocycles. The minimum Gasteiger partial charge on any atom is -0.378 e. The topological polar surface area (TPSA) is 49.6 Å². The molecule has 0 atom stereocenters. The molecule has 1 amide bonds. The highest BCUT2D eigenvalue weighted by atomic mass is 16.2. The first-order valence-electron chi connectivity index (χ1n) is 9.13. The van der Waals surface area contributed by atoms with Gasteiger partial charge in [0.1, 0.15) is 0 Å². The first-order chi connectivity index (χ1) is 12.6. The number of aromatic nitrogens is 2. The monoisotopic (exact) mass is 348 g/mol. The number of anilines is 2. The van der Waals surface area contributed by atoms with E-state index in [9.17, 15) is 4.79 Å². The standard InChI is InChI=1S/C21H24N4O/c1-14-7-4-9-19(25-12-6-10-20(25)26)17(14)13-22-18-8-5-11-24-16(3)15(2)23-21(18)24/h4-5,7-9,11,22H,6,10,12-13H2,1-3H3. The van der Waals surface area contributed by atoms with Crippen LogP contribution in [0.3, 0.4) is 0 Å². The van der Waals surface area contributed by atoms with Gasteiger partial charge in [-0.15, -0.1) is 0 Å². The summed E-state index contributed by atoms with van der Waals surface area (Å²) in [6.45, 7) is 7.69. The van der Waals surface area contributed by atoms with E-state index in [0.717, 1.165) is 41.4 Å². The Balaban J connectivity index is 1.67. The van der Waals surface area contributed by atoms with Crippen LogP contribution in [0.4, 0.5) is 11.4 Å². The van der Waals surface area contributed by atoms with Gasteiger partial charge in [0, 0.05) is 37.1 Å². The number of pyridine rings is 1. The van der Waals surface area contributed by atoms with Gasteiger partial charge in [0.15, 0.2) is 5.65 Å². The van der Waals surface area contributed by atoms with Crippen LogP contribution >= 0.6 is 0 Å². The average Bonchev–Trinajstić information content (AvgIpc) is 3.18. The summed E-state index contributed by atoms with van der Waals surface area (Å²) in [6.07, 6.45) is 3.62. The van der Waals surface area contributed by atoms with Gasteiger partial charge < -0.3 is 14.6 Å². The van der Waals surface area contributed by atoms with Gasteiger partial charge in [-0.3, -0.25) is 4.79 Å². The Morgan fingerprint density at radius 3 is 2.77 bits per heavy atom. The number of rotatable bonds is 4. The first kappa shape index (κ1) is 16.6. The van der Waals surface area contributed by atoms with Gasteiger partial charge in [-0.25, -0.2) is 4.98 Å². The Morgan fingerprint density at radius 2 is 2.00 bits per heavy atom. The number of carbonyl (C=O) groups excluding carboxylic acids is 1. The molecule has 0 saturated carbocycles. The molecule has 1 aliphatic rings. The number of carbonyl (C=O) groups is 1. The highest BCUT2D eigenvalue weighted by molar-refractivity contribution is 5.96. The number of fused-ring (bicyclic) bond motifs is 1. The number of nitrogens with zero attached hydrogens (tertiary/aromatic N) is 3. The van der Waals surface area contributed by atoms with Crippen molar-refractivity contribution in [3.63, 3.8) is 0 Å². The molecular formula is C21H24N4O. The lowest BCUT2D eigenvalue weighted by molar-refractivity contribution is -0.117. The first-order valence-corrected chi connectivity index (χ1v) is 9.13. The molecule has 5 heteroatoms. The van der Waals surface area contributed by atoms with Crippen molar-refractivity contribution in [1.29, 1.82) is 0 Å². The smallest absolute Gasteiger partial charge is 0.227 e. The van der Waals surface area contributed by atoms with Crippen molar-refractivity contribution in [3.05, 3.63) is 59.0 Å². The number of hydrogen-bond donors (Lipinski definition) is 1. The van der Waals surface area contributed by atoms with Crippen molar-refractivity contribution in [2.45, 2.75) is 40.2 Å². The van der Waals surface area contributed by atoms with E-state index in [1.807, 2.05) is 30.2 Å². The van der Waals surface area contributed by atoms with Crippen molar-refractivity contribution in [1.82, 2.24) is 9.38 Å². The number of amides is 1. The molecule has 134 valence electrons. The van der Waals surface area contributed by atoms with E-state index < -0.39 is 0 Å². The lowest BCUT2D eigenvalue weighted by Crippen LogP contribution is -2.25. The predicted octanol–water partition coefficient (Wildman–Crippen LogP) is 4.00. The van der Waals surface area contributed by atoms with Crippen molar-refractivity contribution in [3.8, 4) is 0 Å². The molecule has 1 saturated heterocycles. The van der Waals surface area contributed by atoms with Gasteiger partial charge in [-0.2, -0.15) is 0 Å². The molecule has 0 aliphatic carbocycles. The second kappa shape index (κ2) is 6.48. The fraction of sp³-hybridized carbons (Fsp3) is 0.333. The van der Waals surface area contributed by atoms with E-state index in [1.54, 1.807) is 0 Å². The molecule has 1 aliphatic heterocycles. The van der Waals surface area contributed by atoms with Crippen LogP contribution in [-0.2, 0) is 11.3 Å². The van der Waals surface area contributed by atoms with E-state index in [0.29, 0.717) is 13.0 Å². The van der Waals surface area contributed by atoms with E-state index >= 15 is 0 Å². The van der Waals surface area contributed by atoms with Crippen molar-refractivity contribution in [2.24, 2.45) is 0 Å². The number of hydrogen-bond acceptors (Lipinski definition) is 3. The molecule has 1 N–H and O–H groups in total. The summed E-state index contributed by atoms with van der Waals surface area (Å²) in [7, 11) is 0. The second-order valence-corrected chi connectivity index (χ2v) is 6.97. The van der Waals surface area contributed by atoms with Crippen molar-refractivity contribution in [2.75, 3.05) is 16.8 Å². The zero-order chi connectivity index (χ0) is 18.3. The summed E-state index contributed by atoms with van der Waals surface area (Å²) in [5.41, 5.74) is 7.53.